The van der Waals surface area contributed by atoms with Crippen LogP contribution in [-0.2, 0) is 6.18 Å². The molecule has 0 spiro atoms. The first kappa shape index (κ1) is 14.6. The van der Waals surface area contributed by atoms with Crippen LogP contribution in [0.25, 0.3) is 0 Å². The summed E-state index contributed by atoms with van der Waals surface area (Å²) >= 11 is 0. The molecule has 0 atom stereocenters. The number of nitrogen functional groups attached to an aromatic ring is 1. The van der Waals surface area contributed by atoms with Crippen molar-refractivity contribution >= 4 is 23.0 Å². The number of nitrogens with zero attached hydrogens (tertiary/aromatic N) is 2. The Morgan fingerprint density at radius 1 is 1.24 bits per heavy atom. The van der Waals surface area contributed by atoms with Gasteiger partial charge in [0.05, 0.1) is 10.5 Å². The van der Waals surface area contributed by atoms with Crippen molar-refractivity contribution in [2.24, 2.45) is 0 Å². The summed E-state index contributed by atoms with van der Waals surface area (Å²) in [6.07, 6.45) is -4.46. The Bertz CT molecular complexity index is 688. The molecule has 0 fully saturated rings. The molecule has 0 saturated carbocycles. The second-order valence-corrected chi connectivity index (χ2v) is 4.06. The highest BCUT2D eigenvalue weighted by atomic mass is 19.4. The fourth-order valence-electron chi connectivity index (χ4n) is 1.61. The molecule has 6 nitrogen and oxygen atoms in total. The Hall–Kier alpha value is -2.84. The van der Waals surface area contributed by atoms with E-state index in [2.05, 4.69) is 10.3 Å². The predicted octanol–water partition coefficient (Wildman–Crippen LogP) is 3.33. The number of benzene rings is 1. The molecule has 0 saturated heterocycles. The zero-order valence-corrected chi connectivity index (χ0v) is 10.4. The quantitative estimate of drug-likeness (QED) is 0.669. The van der Waals surface area contributed by atoms with Crippen LogP contribution in [-0.4, -0.2) is 9.91 Å². The minimum absolute atomic E-state index is 0.109. The predicted molar refractivity (Wildman–Crippen MR) is 70.0 cm³/mol. The van der Waals surface area contributed by atoms with Gasteiger partial charge in [0, 0.05) is 11.8 Å². The van der Waals surface area contributed by atoms with Gasteiger partial charge in [0.25, 0.3) is 0 Å². The van der Waals surface area contributed by atoms with Crippen molar-refractivity contribution in [2.45, 2.75) is 6.18 Å². The van der Waals surface area contributed by atoms with Crippen LogP contribution in [0.4, 0.5) is 36.2 Å². The van der Waals surface area contributed by atoms with E-state index in [1.165, 1.54) is 18.2 Å². The molecule has 0 bridgehead atoms. The van der Waals surface area contributed by atoms with Gasteiger partial charge in [-0.25, -0.2) is 4.98 Å². The van der Waals surface area contributed by atoms with E-state index in [0.717, 1.165) is 18.2 Å². The minimum Gasteiger partial charge on any atom is -0.378 e. The molecule has 110 valence electrons. The summed E-state index contributed by atoms with van der Waals surface area (Å²) in [4.78, 5) is 13.6. The monoisotopic (exact) mass is 298 g/mol. The van der Waals surface area contributed by atoms with Crippen molar-refractivity contribution in [3.63, 3.8) is 0 Å². The van der Waals surface area contributed by atoms with Gasteiger partial charge in [-0.1, -0.05) is 6.07 Å². The van der Waals surface area contributed by atoms with Crippen molar-refractivity contribution in [1.29, 1.82) is 0 Å². The van der Waals surface area contributed by atoms with Crippen LogP contribution in [0.2, 0.25) is 0 Å². The van der Waals surface area contributed by atoms with Gasteiger partial charge in [0.2, 0.25) is 5.82 Å². The van der Waals surface area contributed by atoms with E-state index < -0.39 is 16.7 Å². The average molecular weight is 298 g/mol. The molecule has 0 unspecified atom stereocenters. The van der Waals surface area contributed by atoms with E-state index >= 15 is 0 Å². The number of halogens is 3. The maximum absolute atomic E-state index is 12.6. The Labute approximate surface area is 116 Å². The van der Waals surface area contributed by atoms with Crippen molar-refractivity contribution in [3.05, 3.63) is 52.1 Å². The summed E-state index contributed by atoms with van der Waals surface area (Å²) < 4.78 is 37.7. The zero-order chi connectivity index (χ0) is 15.6. The normalized spacial score (nSPS) is 11.2. The van der Waals surface area contributed by atoms with Crippen molar-refractivity contribution in [2.75, 3.05) is 11.1 Å². The number of hydrogen-bond donors (Lipinski definition) is 2. The van der Waals surface area contributed by atoms with E-state index in [4.69, 9.17) is 5.73 Å². The molecule has 21 heavy (non-hydrogen) atoms. The molecule has 1 aromatic carbocycles. The molecule has 0 aliphatic rings. The number of nitro groups is 1. The molecule has 9 heteroatoms. The molecule has 1 aromatic heterocycles. The van der Waals surface area contributed by atoms with Gasteiger partial charge >= 0.3 is 11.9 Å². The lowest BCUT2D eigenvalue weighted by Crippen LogP contribution is -2.06. The lowest BCUT2D eigenvalue weighted by Gasteiger charge is -2.10. The largest absolute Gasteiger partial charge is 0.416 e. The maximum Gasteiger partial charge on any atom is 0.416 e. The van der Waals surface area contributed by atoms with Crippen LogP contribution in [0, 0.1) is 10.1 Å². The highest BCUT2D eigenvalue weighted by Crippen LogP contribution is 2.31. The van der Waals surface area contributed by atoms with Crippen LogP contribution < -0.4 is 11.1 Å². The number of nitrogens with one attached hydrogen (secondary N) is 1. The molecular formula is C12H9F3N4O2. The maximum atomic E-state index is 12.6. The third kappa shape index (κ3) is 3.38. The summed E-state index contributed by atoms with van der Waals surface area (Å²) in [7, 11) is 0. The van der Waals surface area contributed by atoms with E-state index in [9.17, 15) is 23.3 Å². The molecular weight excluding hydrogens is 289 g/mol. The van der Waals surface area contributed by atoms with Gasteiger partial charge in [-0.05, 0) is 24.3 Å². The summed E-state index contributed by atoms with van der Waals surface area (Å²) in [5.74, 6) is -0.214. The van der Waals surface area contributed by atoms with E-state index in [1.54, 1.807) is 0 Å². The summed E-state index contributed by atoms with van der Waals surface area (Å²) in [6.45, 7) is 0. The summed E-state index contributed by atoms with van der Waals surface area (Å²) in [6, 6.07) is 6.86. The molecule has 2 aromatic rings. The van der Waals surface area contributed by atoms with Crippen molar-refractivity contribution < 1.29 is 18.1 Å². The van der Waals surface area contributed by atoms with Crippen molar-refractivity contribution in [3.8, 4) is 0 Å². The lowest BCUT2D eigenvalue weighted by molar-refractivity contribution is -0.384. The second kappa shape index (κ2) is 5.27. The Kier molecular flexibility index (Phi) is 3.66. The minimum atomic E-state index is -4.46. The number of hydrogen-bond acceptors (Lipinski definition) is 5. The fraction of sp³-hybridized carbons (Fsp3) is 0.0833. The van der Waals surface area contributed by atoms with Gasteiger partial charge in [0.15, 0.2) is 0 Å². The molecule has 3 N–H and O–H groups in total. The van der Waals surface area contributed by atoms with Gasteiger partial charge in [-0.2, -0.15) is 13.2 Å². The molecule has 0 radical (unpaired) electrons. The van der Waals surface area contributed by atoms with Crippen LogP contribution in [0.5, 0.6) is 0 Å². The van der Waals surface area contributed by atoms with Crippen molar-refractivity contribution in [1.82, 2.24) is 4.98 Å². The molecule has 0 aliphatic carbocycles. The van der Waals surface area contributed by atoms with Gasteiger partial charge in [0.1, 0.15) is 5.82 Å². The van der Waals surface area contributed by atoms with Gasteiger partial charge < -0.3 is 11.1 Å². The SMILES string of the molecule is Nc1nc(Nc2cccc(C(F)(F)F)c2)ccc1[N+](=O)[O-]. The molecule has 1 heterocycles. The average Bonchev–Trinajstić information content (AvgIpc) is 2.37. The summed E-state index contributed by atoms with van der Waals surface area (Å²) in [5, 5.41) is 13.2. The van der Waals surface area contributed by atoms with E-state index in [-0.39, 0.29) is 23.0 Å². The Balaban J connectivity index is 2.27. The second-order valence-electron chi connectivity index (χ2n) is 4.06. The first-order valence-electron chi connectivity index (χ1n) is 5.62. The summed E-state index contributed by atoms with van der Waals surface area (Å²) in [5.41, 5.74) is 4.36. The van der Waals surface area contributed by atoms with Crippen LogP contribution in [0.3, 0.4) is 0 Å². The number of anilines is 3. The molecule has 2 rings (SSSR count). The van der Waals surface area contributed by atoms with E-state index in [0.29, 0.717) is 0 Å². The van der Waals surface area contributed by atoms with Crippen LogP contribution in [0.1, 0.15) is 5.56 Å². The zero-order valence-electron chi connectivity index (χ0n) is 10.4. The van der Waals surface area contributed by atoms with Gasteiger partial charge in [-0.15, -0.1) is 0 Å². The van der Waals surface area contributed by atoms with Gasteiger partial charge in [-0.3, -0.25) is 10.1 Å². The number of nitrogens with two attached hydrogens (primary N) is 1. The van der Waals surface area contributed by atoms with E-state index in [1.807, 2.05) is 0 Å². The number of rotatable bonds is 3. The first-order chi connectivity index (χ1) is 9.77. The number of aromatic nitrogens is 1. The highest BCUT2D eigenvalue weighted by molar-refractivity contribution is 5.63. The standard InChI is InChI=1S/C12H9F3N4O2/c13-12(14,15)7-2-1-3-8(6-7)17-10-5-4-9(19(20)21)11(16)18-10/h1-6H,(H3,16,17,18). The third-order valence-corrected chi connectivity index (χ3v) is 2.56. The molecule has 0 aliphatic heterocycles. The number of alkyl halides is 3. The topological polar surface area (TPSA) is 94.1 Å². The Morgan fingerprint density at radius 3 is 2.52 bits per heavy atom. The number of pyridine rings is 1. The smallest absolute Gasteiger partial charge is 0.378 e. The molecule has 0 amide bonds. The Morgan fingerprint density at radius 2 is 1.95 bits per heavy atom. The van der Waals surface area contributed by atoms with Crippen LogP contribution in [0.15, 0.2) is 36.4 Å². The fourth-order valence-corrected chi connectivity index (χ4v) is 1.61. The lowest BCUT2D eigenvalue weighted by atomic mass is 10.2. The highest BCUT2D eigenvalue weighted by Gasteiger charge is 2.30. The first-order valence-corrected chi connectivity index (χ1v) is 5.62. The van der Waals surface area contributed by atoms with Crippen LogP contribution >= 0.6 is 0 Å². The third-order valence-electron chi connectivity index (χ3n) is 2.56.